The predicted molar refractivity (Wildman–Crippen MR) is 92.8 cm³/mol. The molecule has 0 unspecified atom stereocenters. The van der Waals surface area contributed by atoms with Crippen molar-refractivity contribution in [3.8, 4) is 0 Å². The second-order valence-electron chi connectivity index (χ2n) is 8.30. The second kappa shape index (κ2) is 6.14. The van der Waals surface area contributed by atoms with Gasteiger partial charge in [-0.15, -0.1) is 0 Å². The summed E-state index contributed by atoms with van der Waals surface area (Å²) in [7, 11) is 3.53. The van der Waals surface area contributed by atoms with E-state index in [4.69, 9.17) is 0 Å². The van der Waals surface area contributed by atoms with Crippen LogP contribution >= 0.6 is 0 Å². The van der Waals surface area contributed by atoms with Gasteiger partial charge in [-0.3, -0.25) is 9.59 Å². The first kappa shape index (κ1) is 17.8. The molecule has 0 aliphatic heterocycles. The Bertz CT molecular complexity index is 636. The van der Waals surface area contributed by atoms with Gasteiger partial charge in [0.25, 0.3) is 0 Å². The summed E-state index contributed by atoms with van der Waals surface area (Å²) in [6.07, 6.45) is 1.78. The number of nitrogens with zero attached hydrogens (tertiary/aromatic N) is 2. The van der Waals surface area contributed by atoms with Crippen molar-refractivity contribution in [3.63, 3.8) is 0 Å². The molecule has 1 aromatic rings. The van der Waals surface area contributed by atoms with Gasteiger partial charge in [-0.2, -0.15) is 0 Å². The largest absolute Gasteiger partial charge is 0.349 e. The number of ketones is 1. The summed E-state index contributed by atoms with van der Waals surface area (Å²) in [5.74, 6) is 0.751. The third-order valence-electron chi connectivity index (χ3n) is 4.70. The summed E-state index contributed by atoms with van der Waals surface area (Å²) in [5, 5.41) is 0. The van der Waals surface area contributed by atoms with E-state index in [9.17, 15) is 9.59 Å². The fourth-order valence-electron chi connectivity index (χ4n) is 3.55. The lowest BCUT2D eigenvalue weighted by Crippen LogP contribution is -2.29. The number of hydrogen-bond acceptors (Lipinski definition) is 2. The Hall–Kier alpha value is -1.58. The van der Waals surface area contributed by atoms with Crippen molar-refractivity contribution in [2.24, 2.45) is 11.3 Å². The van der Waals surface area contributed by atoms with Gasteiger partial charge in [0.1, 0.15) is 0 Å². The van der Waals surface area contributed by atoms with Gasteiger partial charge < -0.3 is 9.47 Å². The number of carbonyl (C=O) groups is 2. The lowest BCUT2D eigenvalue weighted by atomic mass is 9.75. The monoisotopic (exact) mass is 318 g/mol. The van der Waals surface area contributed by atoms with Gasteiger partial charge in [0.05, 0.1) is 6.42 Å². The quantitative estimate of drug-likeness (QED) is 0.855. The first-order valence-corrected chi connectivity index (χ1v) is 8.47. The minimum absolute atomic E-state index is 0.00751. The van der Waals surface area contributed by atoms with Crippen LogP contribution in [0.4, 0.5) is 0 Å². The number of likely N-dealkylation sites (N-methyl/N-ethyl adjacent to an activating group) is 1. The van der Waals surface area contributed by atoms with Crippen LogP contribution in [0.25, 0.3) is 0 Å². The van der Waals surface area contributed by atoms with Crippen LogP contribution in [0.15, 0.2) is 0 Å². The van der Waals surface area contributed by atoms with Crippen LogP contribution in [-0.2, 0) is 24.2 Å². The first-order valence-electron chi connectivity index (χ1n) is 8.47. The highest BCUT2D eigenvalue weighted by molar-refractivity contribution is 6.01. The Balaban J connectivity index is 2.58. The van der Waals surface area contributed by atoms with E-state index in [0.717, 1.165) is 35.5 Å². The highest BCUT2D eigenvalue weighted by atomic mass is 16.2. The molecule has 0 saturated heterocycles. The van der Waals surface area contributed by atoms with E-state index in [1.54, 1.807) is 19.0 Å². The normalized spacial score (nSPS) is 16.6. The molecule has 0 atom stereocenters. The van der Waals surface area contributed by atoms with E-state index in [0.29, 0.717) is 18.8 Å². The Morgan fingerprint density at radius 1 is 1.26 bits per heavy atom. The molecule has 1 aliphatic carbocycles. The van der Waals surface area contributed by atoms with Crippen molar-refractivity contribution >= 4 is 11.7 Å². The van der Waals surface area contributed by atoms with Crippen LogP contribution < -0.4 is 0 Å². The zero-order valence-electron chi connectivity index (χ0n) is 15.6. The molecule has 0 aromatic carbocycles. The molecule has 1 heterocycles. The summed E-state index contributed by atoms with van der Waals surface area (Å²) >= 11 is 0. The lowest BCUT2D eigenvalue weighted by Gasteiger charge is -2.30. The molecular weight excluding hydrogens is 288 g/mol. The van der Waals surface area contributed by atoms with Gasteiger partial charge in [-0.25, -0.2) is 0 Å². The molecule has 128 valence electrons. The van der Waals surface area contributed by atoms with Crippen LogP contribution in [0.2, 0.25) is 0 Å². The maximum absolute atomic E-state index is 12.8. The van der Waals surface area contributed by atoms with Gasteiger partial charge in [0.2, 0.25) is 5.91 Å². The van der Waals surface area contributed by atoms with Crippen molar-refractivity contribution in [1.82, 2.24) is 9.47 Å². The zero-order valence-corrected chi connectivity index (χ0v) is 15.6. The van der Waals surface area contributed by atoms with Crippen molar-refractivity contribution < 1.29 is 9.59 Å². The molecule has 1 aliphatic rings. The molecule has 4 nitrogen and oxygen atoms in total. The molecule has 0 bridgehead atoms. The summed E-state index contributed by atoms with van der Waals surface area (Å²) in [6, 6.07) is 0. The van der Waals surface area contributed by atoms with E-state index >= 15 is 0 Å². The number of aromatic nitrogens is 1. The fourth-order valence-corrected chi connectivity index (χ4v) is 3.55. The smallest absolute Gasteiger partial charge is 0.226 e. The van der Waals surface area contributed by atoms with Crippen molar-refractivity contribution in [1.29, 1.82) is 0 Å². The molecule has 23 heavy (non-hydrogen) atoms. The molecule has 0 saturated carbocycles. The fraction of sp³-hybridized carbons (Fsp3) is 0.684. The minimum Gasteiger partial charge on any atom is -0.349 e. The van der Waals surface area contributed by atoms with Crippen molar-refractivity contribution in [2.45, 2.75) is 60.4 Å². The summed E-state index contributed by atoms with van der Waals surface area (Å²) in [5.41, 5.74) is 3.99. The van der Waals surface area contributed by atoms with E-state index in [1.807, 2.05) is 0 Å². The Labute approximate surface area is 139 Å². The maximum atomic E-state index is 12.8. The predicted octanol–water partition coefficient (Wildman–Crippen LogP) is 3.24. The zero-order chi connectivity index (χ0) is 17.5. The minimum atomic E-state index is -0.00751. The van der Waals surface area contributed by atoms with Gasteiger partial charge in [0, 0.05) is 44.0 Å². The average molecular weight is 318 g/mol. The van der Waals surface area contributed by atoms with Crippen LogP contribution in [0, 0.1) is 18.3 Å². The van der Waals surface area contributed by atoms with Gasteiger partial charge in [-0.05, 0) is 30.2 Å². The third-order valence-corrected chi connectivity index (χ3v) is 4.70. The lowest BCUT2D eigenvalue weighted by molar-refractivity contribution is -0.127. The SMILES string of the molecule is Cc1c(CC(=O)N(C)C)c2c(n1CC(C)C)CC(C)(C)CC2=O. The molecule has 2 rings (SSSR count). The molecule has 1 aromatic heterocycles. The number of fused-ring (bicyclic) bond motifs is 1. The van der Waals surface area contributed by atoms with E-state index in [-0.39, 0.29) is 17.1 Å². The van der Waals surface area contributed by atoms with Crippen LogP contribution in [0.1, 0.15) is 61.4 Å². The summed E-state index contributed by atoms with van der Waals surface area (Å²) in [6.45, 7) is 11.6. The first-order chi connectivity index (χ1) is 10.5. The van der Waals surface area contributed by atoms with E-state index < -0.39 is 0 Å². The highest BCUT2D eigenvalue weighted by Gasteiger charge is 2.37. The van der Waals surface area contributed by atoms with Crippen LogP contribution in [-0.4, -0.2) is 35.3 Å². The number of Topliss-reactive ketones (excluding diaryl/α,β-unsaturated/α-hetero) is 1. The van der Waals surface area contributed by atoms with Crippen molar-refractivity contribution in [3.05, 3.63) is 22.5 Å². The van der Waals surface area contributed by atoms with Gasteiger partial charge in [-0.1, -0.05) is 27.7 Å². The second-order valence-corrected chi connectivity index (χ2v) is 8.30. The summed E-state index contributed by atoms with van der Waals surface area (Å²) in [4.78, 5) is 26.6. The van der Waals surface area contributed by atoms with Crippen LogP contribution in [0.3, 0.4) is 0 Å². The van der Waals surface area contributed by atoms with Crippen LogP contribution in [0.5, 0.6) is 0 Å². The Morgan fingerprint density at radius 3 is 2.39 bits per heavy atom. The Kier molecular flexibility index (Phi) is 4.74. The number of carbonyl (C=O) groups excluding carboxylic acids is 2. The molecule has 0 spiro atoms. The molecule has 0 fully saturated rings. The Morgan fingerprint density at radius 2 is 1.87 bits per heavy atom. The van der Waals surface area contributed by atoms with Gasteiger partial charge >= 0.3 is 0 Å². The molecule has 0 N–H and O–H groups in total. The maximum Gasteiger partial charge on any atom is 0.226 e. The number of rotatable bonds is 4. The third kappa shape index (κ3) is 3.51. The molecular formula is C19H30N2O2. The molecule has 1 amide bonds. The van der Waals surface area contributed by atoms with E-state index in [2.05, 4.69) is 39.2 Å². The number of amides is 1. The molecule has 4 heteroatoms. The molecule has 0 radical (unpaired) electrons. The number of hydrogen-bond donors (Lipinski definition) is 0. The van der Waals surface area contributed by atoms with Gasteiger partial charge in [0.15, 0.2) is 5.78 Å². The topological polar surface area (TPSA) is 42.3 Å². The standard InChI is InChI=1S/C19H30N2O2/c1-12(2)11-21-13(3)14(8-17(23)20(6)7)18-15(21)9-19(4,5)10-16(18)22/h12H,8-11H2,1-7H3. The highest BCUT2D eigenvalue weighted by Crippen LogP contribution is 2.39. The average Bonchev–Trinajstić information content (AvgIpc) is 2.62. The van der Waals surface area contributed by atoms with E-state index in [1.165, 1.54) is 0 Å². The van der Waals surface area contributed by atoms with Crippen molar-refractivity contribution in [2.75, 3.05) is 14.1 Å². The summed E-state index contributed by atoms with van der Waals surface area (Å²) < 4.78 is 2.29.